The van der Waals surface area contributed by atoms with Crippen LogP contribution in [0.1, 0.15) is 50.8 Å². The van der Waals surface area contributed by atoms with Gasteiger partial charge in [-0.05, 0) is 56.9 Å². The maximum absolute atomic E-state index is 3.54. The van der Waals surface area contributed by atoms with Crippen LogP contribution in [0.3, 0.4) is 0 Å². The van der Waals surface area contributed by atoms with Crippen molar-refractivity contribution in [1.82, 2.24) is 10.2 Å². The molecule has 0 aliphatic heterocycles. The zero-order valence-corrected chi connectivity index (χ0v) is 15.9. The number of thiophene rings is 1. The van der Waals surface area contributed by atoms with Crippen molar-refractivity contribution < 1.29 is 0 Å². The summed E-state index contributed by atoms with van der Waals surface area (Å²) >= 11 is 1.84. The first-order chi connectivity index (χ1) is 9.36. The van der Waals surface area contributed by atoms with Crippen molar-refractivity contribution in [2.24, 2.45) is 0 Å². The molecule has 1 aromatic rings. The zero-order chi connectivity index (χ0) is 13.8. The summed E-state index contributed by atoms with van der Waals surface area (Å²) in [5, 5.41) is 5.69. The second-order valence-electron chi connectivity index (χ2n) is 5.16. The van der Waals surface area contributed by atoms with Gasteiger partial charge in [0, 0.05) is 11.4 Å². The molecular formula is C16H32Cl2N2S. The first-order valence-electron chi connectivity index (χ1n) is 7.82. The lowest BCUT2D eigenvalue weighted by atomic mass is 10.2. The van der Waals surface area contributed by atoms with Gasteiger partial charge in [-0.25, -0.2) is 0 Å². The summed E-state index contributed by atoms with van der Waals surface area (Å²) in [5.41, 5.74) is 0. The highest BCUT2D eigenvalue weighted by atomic mass is 35.5. The number of rotatable bonds is 12. The summed E-state index contributed by atoms with van der Waals surface area (Å²) in [6, 6.07) is 4.32. The van der Waals surface area contributed by atoms with E-state index in [0.29, 0.717) is 0 Å². The third-order valence-electron chi connectivity index (χ3n) is 3.36. The molecule has 0 atom stereocenters. The molecule has 0 aliphatic rings. The molecule has 1 aromatic heterocycles. The first-order valence-corrected chi connectivity index (χ1v) is 8.70. The second kappa shape index (κ2) is 16.6. The van der Waals surface area contributed by atoms with Gasteiger partial charge in [-0.15, -0.1) is 36.2 Å². The van der Waals surface area contributed by atoms with Gasteiger partial charge in [-0.1, -0.05) is 32.8 Å². The highest BCUT2D eigenvalue weighted by Crippen LogP contribution is 2.07. The quantitative estimate of drug-likeness (QED) is 0.532. The van der Waals surface area contributed by atoms with Gasteiger partial charge in [-0.2, -0.15) is 0 Å². The molecule has 5 heteroatoms. The maximum atomic E-state index is 3.54. The van der Waals surface area contributed by atoms with E-state index in [1.807, 2.05) is 11.3 Å². The van der Waals surface area contributed by atoms with Crippen LogP contribution in [0.2, 0.25) is 0 Å². The van der Waals surface area contributed by atoms with Crippen molar-refractivity contribution in [3.8, 4) is 0 Å². The SMILES string of the molecule is CCCCN(CCCC)CCCNCc1cccs1.Cl.Cl. The number of nitrogens with zero attached hydrogens (tertiary/aromatic N) is 1. The summed E-state index contributed by atoms with van der Waals surface area (Å²) < 4.78 is 0. The smallest absolute Gasteiger partial charge is 0.0299 e. The van der Waals surface area contributed by atoms with Crippen LogP contribution < -0.4 is 5.32 Å². The summed E-state index contributed by atoms with van der Waals surface area (Å²) in [4.78, 5) is 4.08. The Kier molecular flexibility index (Phi) is 18.5. The highest BCUT2D eigenvalue weighted by molar-refractivity contribution is 7.09. The normalized spacial score (nSPS) is 10.2. The minimum Gasteiger partial charge on any atom is -0.312 e. The summed E-state index contributed by atoms with van der Waals surface area (Å²) in [6.07, 6.45) is 6.55. The molecule has 0 aromatic carbocycles. The third-order valence-corrected chi connectivity index (χ3v) is 4.24. The van der Waals surface area contributed by atoms with Gasteiger partial charge in [-0.3, -0.25) is 0 Å². The van der Waals surface area contributed by atoms with Gasteiger partial charge in [0.15, 0.2) is 0 Å². The Morgan fingerprint density at radius 1 is 1.00 bits per heavy atom. The van der Waals surface area contributed by atoms with E-state index >= 15 is 0 Å². The number of hydrogen-bond acceptors (Lipinski definition) is 3. The predicted molar refractivity (Wildman–Crippen MR) is 101 cm³/mol. The molecule has 0 saturated heterocycles. The average Bonchev–Trinajstić information content (AvgIpc) is 2.93. The third kappa shape index (κ3) is 12.4. The molecule has 1 N–H and O–H groups in total. The fraction of sp³-hybridized carbons (Fsp3) is 0.750. The topological polar surface area (TPSA) is 15.3 Å². The van der Waals surface area contributed by atoms with E-state index < -0.39 is 0 Å². The van der Waals surface area contributed by atoms with Crippen LogP contribution in [-0.2, 0) is 6.54 Å². The van der Waals surface area contributed by atoms with Gasteiger partial charge in [0.25, 0.3) is 0 Å². The maximum Gasteiger partial charge on any atom is 0.0299 e. The van der Waals surface area contributed by atoms with E-state index in [2.05, 4.69) is 41.6 Å². The van der Waals surface area contributed by atoms with Gasteiger partial charge in [0.1, 0.15) is 0 Å². The van der Waals surface area contributed by atoms with Crippen LogP contribution in [0.4, 0.5) is 0 Å². The Labute approximate surface area is 147 Å². The van der Waals surface area contributed by atoms with Gasteiger partial charge < -0.3 is 10.2 Å². The van der Waals surface area contributed by atoms with Crippen molar-refractivity contribution in [2.45, 2.75) is 52.5 Å². The molecule has 0 fully saturated rings. The molecule has 21 heavy (non-hydrogen) atoms. The Bertz CT molecular complexity index is 286. The molecule has 0 saturated carbocycles. The Morgan fingerprint density at radius 3 is 2.14 bits per heavy atom. The van der Waals surface area contributed by atoms with E-state index in [-0.39, 0.29) is 24.8 Å². The summed E-state index contributed by atoms with van der Waals surface area (Å²) in [7, 11) is 0. The molecule has 0 aliphatic carbocycles. The minimum atomic E-state index is 0. The molecular weight excluding hydrogens is 323 g/mol. The van der Waals surface area contributed by atoms with Crippen molar-refractivity contribution in [2.75, 3.05) is 26.2 Å². The molecule has 0 radical (unpaired) electrons. The summed E-state index contributed by atoms with van der Waals surface area (Å²) in [6.45, 7) is 10.5. The fourth-order valence-corrected chi connectivity index (χ4v) is 2.83. The van der Waals surface area contributed by atoms with Gasteiger partial charge in [0.05, 0.1) is 0 Å². The van der Waals surface area contributed by atoms with E-state index in [1.54, 1.807) is 0 Å². The average molecular weight is 355 g/mol. The number of unbranched alkanes of at least 4 members (excludes halogenated alkanes) is 2. The van der Waals surface area contributed by atoms with Crippen molar-refractivity contribution >= 4 is 36.2 Å². The zero-order valence-electron chi connectivity index (χ0n) is 13.5. The molecule has 2 nitrogen and oxygen atoms in total. The lowest BCUT2D eigenvalue weighted by molar-refractivity contribution is 0.261. The van der Waals surface area contributed by atoms with Crippen LogP contribution in [0, 0.1) is 0 Å². The van der Waals surface area contributed by atoms with Crippen LogP contribution >= 0.6 is 36.2 Å². The first kappa shape index (κ1) is 23.5. The summed E-state index contributed by atoms with van der Waals surface area (Å²) in [5.74, 6) is 0. The Balaban J connectivity index is 0. The molecule has 1 heterocycles. The molecule has 0 bridgehead atoms. The van der Waals surface area contributed by atoms with E-state index in [1.165, 1.54) is 56.6 Å². The lowest BCUT2D eigenvalue weighted by Crippen LogP contribution is -2.29. The minimum absolute atomic E-state index is 0. The van der Waals surface area contributed by atoms with Crippen molar-refractivity contribution in [1.29, 1.82) is 0 Å². The number of hydrogen-bond donors (Lipinski definition) is 1. The van der Waals surface area contributed by atoms with Crippen LogP contribution in [0.5, 0.6) is 0 Å². The highest BCUT2D eigenvalue weighted by Gasteiger charge is 2.03. The van der Waals surface area contributed by atoms with Crippen molar-refractivity contribution in [3.63, 3.8) is 0 Å². The largest absolute Gasteiger partial charge is 0.312 e. The van der Waals surface area contributed by atoms with Crippen LogP contribution in [-0.4, -0.2) is 31.1 Å². The molecule has 1 rings (SSSR count). The monoisotopic (exact) mass is 354 g/mol. The molecule has 0 amide bonds. The van der Waals surface area contributed by atoms with Gasteiger partial charge >= 0.3 is 0 Å². The Hall–Kier alpha value is 0.200. The Morgan fingerprint density at radius 2 is 1.62 bits per heavy atom. The second-order valence-corrected chi connectivity index (χ2v) is 6.19. The molecule has 0 unspecified atom stereocenters. The molecule has 126 valence electrons. The predicted octanol–water partition coefficient (Wildman–Crippen LogP) is 4.97. The number of halogens is 2. The number of nitrogens with one attached hydrogen (secondary N) is 1. The standard InChI is InChI=1S/C16H30N2S.2ClH/c1-3-5-11-18(12-6-4-2)13-8-10-17-15-16-9-7-14-19-16;;/h7,9,14,17H,3-6,8,10-13,15H2,1-2H3;2*1H. The van der Waals surface area contributed by atoms with Gasteiger partial charge in [0.2, 0.25) is 0 Å². The fourth-order valence-electron chi connectivity index (χ4n) is 2.15. The van der Waals surface area contributed by atoms with E-state index in [0.717, 1.165) is 13.1 Å². The van der Waals surface area contributed by atoms with E-state index in [9.17, 15) is 0 Å². The molecule has 0 spiro atoms. The van der Waals surface area contributed by atoms with Crippen LogP contribution in [0.15, 0.2) is 17.5 Å². The lowest BCUT2D eigenvalue weighted by Gasteiger charge is -2.21. The van der Waals surface area contributed by atoms with Crippen LogP contribution in [0.25, 0.3) is 0 Å². The van der Waals surface area contributed by atoms with E-state index in [4.69, 9.17) is 0 Å². The van der Waals surface area contributed by atoms with Crippen molar-refractivity contribution in [3.05, 3.63) is 22.4 Å².